The summed E-state index contributed by atoms with van der Waals surface area (Å²) in [5, 5.41) is 4.58. The molecule has 7 heteroatoms. The molecule has 0 spiro atoms. The summed E-state index contributed by atoms with van der Waals surface area (Å²) in [6, 6.07) is 3.95. The van der Waals surface area contributed by atoms with E-state index >= 15 is 0 Å². The molecule has 2 aliphatic heterocycles. The Kier molecular flexibility index (Phi) is 6.48. The third-order valence-electron chi connectivity index (χ3n) is 7.07. The Bertz CT molecular complexity index is 1120. The van der Waals surface area contributed by atoms with E-state index in [4.69, 9.17) is 17.3 Å². The first-order valence-electron chi connectivity index (χ1n) is 11.6. The standard InChI is InChI=1S/C26H28BrClN4O/c27-26-22(29)15-19-2-1-18-14-20(28)3-4-21(18)24(25(19)31-26)17-7-11-32(12-8-17)23(33)13-16-5-9-30-10-6-16/h5-6,9-10,14-15,25,31H,1-4,7-8,11-13,29H2. The lowest BCUT2D eigenvalue weighted by molar-refractivity contribution is -0.130. The highest BCUT2D eigenvalue weighted by atomic mass is 79.9. The van der Waals surface area contributed by atoms with Crippen LogP contribution in [0, 0.1) is 0 Å². The van der Waals surface area contributed by atoms with Gasteiger partial charge in [0.1, 0.15) is 4.61 Å². The zero-order valence-corrected chi connectivity index (χ0v) is 20.9. The number of likely N-dealkylation sites (tertiary alicyclic amines) is 1. The average Bonchev–Trinajstić information content (AvgIpc) is 2.96. The maximum absolute atomic E-state index is 12.9. The van der Waals surface area contributed by atoms with Crippen molar-refractivity contribution in [3.63, 3.8) is 0 Å². The Balaban J connectivity index is 1.43. The van der Waals surface area contributed by atoms with Crippen LogP contribution >= 0.6 is 27.5 Å². The topological polar surface area (TPSA) is 71.2 Å². The maximum atomic E-state index is 12.9. The van der Waals surface area contributed by atoms with Crippen molar-refractivity contribution in [2.24, 2.45) is 5.73 Å². The van der Waals surface area contributed by atoms with Crippen molar-refractivity contribution in [3.05, 3.63) is 85.4 Å². The highest BCUT2D eigenvalue weighted by Gasteiger charge is 2.34. The van der Waals surface area contributed by atoms with Crippen molar-refractivity contribution in [2.45, 2.75) is 51.0 Å². The van der Waals surface area contributed by atoms with Crippen LogP contribution in [0.25, 0.3) is 0 Å². The number of nitrogens with one attached hydrogen (secondary N) is 1. The van der Waals surface area contributed by atoms with Crippen LogP contribution in [0.4, 0.5) is 0 Å². The van der Waals surface area contributed by atoms with E-state index < -0.39 is 0 Å². The number of hydrogen-bond acceptors (Lipinski definition) is 4. The number of fused-ring (bicyclic) bond motifs is 1. The van der Waals surface area contributed by atoms with Gasteiger partial charge in [-0.2, -0.15) is 0 Å². The molecule has 1 saturated heterocycles. The number of carbonyl (C=O) groups excluding carboxylic acids is 1. The molecule has 2 aliphatic carbocycles. The number of amides is 1. The second kappa shape index (κ2) is 9.51. The van der Waals surface area contributed by atoms with Gasteiger partial charge in [0.25, 0.3) is 0 Å². The summed E-state index contributed by atoms with van der Waals surface area (Å²) in [6.45, 7) is 1.51. The minimum absolute atomic E-state index is 0.124. The Hall–Kier alpha value is -2.31. The fraction of sp³-hybridized carbons (Fsp3) is 0.385. The van der Waals surface area contributed by atoms with Gasteiger partial charge in [0.2, 0.25) is 5.91 Å². The molecular formula is C26H28BrClN4O. The van der Waals surface area contributed by atoms with Gasteiger partial charge in [-0.25, -0.2) is 0 Å². The van der Waals surface area contributed by atoms with Gasteiger partial charge < -0.3 is 16.0 Å². The quantitative estimate of drug-likeness (QED) is 0.533. The molecule has 3 N–H and O–H groups in total. The Morgan fingerprint density at radius 1 is 1.12 bits per heavy atom. The highest BCUT2D eigenvalue weighted by Crippen LogP contribution is 2.44. The molecule has 1 atom stereocenters. The average molecular weight is 528 g/mol. The number of allylic oxidation sites excluding steroid dienone is 4. The van der Waals surface area contributed by atoms with Gasteiger partial charge in [-0.3, -0.25) is 9.78 Å². The molecule has 33 heavy (non-hydrogen) atoms. The van der Waals surface area contributed by atoms with E-state index in [0.717, 1.165) is 72.5 Å². The van der Waals surface area contributed by atoms with E-state index in [2.05, 4.69) is 38.4 Å². The molecule has 1 aromatic rings. The number of halogens is 2. The number of nitrogens with two attached hydrogens (primary N) is 1. The molecule has 0 aromatic carbocycles. The van der Waals surface area contributed by atoms with E-state index in [1.807, 2.05) is 17.0 Å². The molecule has 1 fully saturated rings. The third kappa shape index (κ3) is 4.69. The normalized spacial score (nSPS) is 23.3. The second-order valence-corrected chi connectivity index (χ2v) is 10.4. The van der Waals surface area contributed by atoms with Gasteiger partial charge in [0.15, 0.2) is 0 Å². The number of aromatic nitrogens is 1. The van der Waals surface area contributed by atoms with Crippen LogP contribution in [0.1, 0.15) is 44.1 Å². The van der Waals surface area contributed by atoms with Crippen molar-refractivity contribution >= 4 is 33.4 Å². The van der Waals surface area contributed by atoms with E-state index in [9.17, 15) is 4.79 Å². The molecule has 1 amide bonds. The molecule has 0 bridgehead atoms. The number of nitrogens with zero attached hydrogens (tertiary/aromatic N) is 2. The molecule has 1 unspecified atom stereocenters. The van der Waals surface area contributed by atoms with Crippen LogP contribution in [0.15, 0.2) is 79.9 Å². The molecule has 0 radical (unpaired) electrons. The number of piperidine rings is 1. The highest BCUT2D eigenvalue weighted by molar-refractivity contribution is 9.11. The van der Waals surface area contributed by atoms with Crippen molar-refractivity contribution in [1.82, 2.24) is 15.2 Å². The molecule has 172 valence electrons. The molecule has 3 heterocycles. The predicted molar refractivity (Wildman–Crippen MR) is 135 cm³/mol. The molecule has 0 saturated carbocycles. The number of carbonyl (C=O) groups is 1. The van der Waals surface area contributed by atoms with Crippen LogP contribution in [0.2, 0.25) is 0 Å². The largest absolute Gasteiger partial charge is 0.397 e. The lowest BCUT2D eigenvalue weighted by atomic mass is 9.81. The van der Waals surface area contributed by atoms with Gasteiger partial charge in [0.05, 0.1) is 18.2 Å². The second-order valence-electron chi connectivity index (χ2n) is 9.09. The van der Waals surface area contributed by atoms with Crippen LogP contribution in [-0.4, -0.2) is 34.9 Å². The van der Waals surface area contributed by atoms with Gasteiger partial charge in [-0.05, 0) is 107 Å². The zero-order chi connectivity index (χ0) is 22.9. The predicted octanol–water partition coefficient (Wildman–Crippen LogP) is 4.97. The summed E-state index contributed by atoms with van der Waals surface area (Å²) >= 11 is 10.1. The van der Waals surface area contributed by atoms with Crippen LogP contribution in [0.3, 0.4) is 0 Å². The molecule has 4 aliphatic rings. The SMILES string of the molecule is NC1=C(Br)NC2C(=C1)CCC1=C(CCC(Cl)=C1)C2=C1CCN(C(=O)Cc2ccncc2)CC1. The Labute approximate surface area is 208 Å². The fourth-order valence-corrected chi connectivity index (χ4v) is 5.93. The van der Waals surface area contributed by atoms with E-state index in [0.29, 0.717) is 6.42 Å². The monoisotopic (exact) mass is 526 g/mol. The number of pyridine rings is 1. The lowest BCUT2D eigenvalue weighted by Gasteiger charge is -2.35. The summed E-state index contributed by atoms with van der Waals surface area (Å²) in [4.78, 5) is 18.9. The molecular weight excluding hydrogens is 500 g/mol. The first kappa shape index (κ1) is 22.5. The van der Waals surface area contributed by atoms with E-state index in [1.54, 1.807) is 12.4 Å². The van der Waals surface area contributed by atoms with Crippen LogP contribution in [0.5, 0.6) is 0 Å². The Morgan fingerprint density at radius 2 is 1.88 bits per heavy atom. The maximum Gasteiger partial charge on any atom is 0.227 e. The number of hydrogen-bond donors (Lipinski definition) is 2. The molecule has 1 aromatic heterocycles. The van der Waals surface area contributed by atoms with Gasteiger partial charge in [0, 0.05) is 30.5 Å². The summed E-state index contributed by atoms with van der Waals surface area (Å²) in [6.07, 6.45) is 13.8. The van der Waals surface area contributed by atoms with Crippen molar-refractivity contribution < 1.29 is 4.79 Å². The number of rotatable bonds is 2. The van der Waals surface area contributed by atoms with Crippen molar-refractivity contribution in [1.29, 1.82) is 0 Å². The number of dihydropyridines is 1. The molecule has 5 nitrogen and oxygen atoms in total. The minimum Gasteiger partial charge on any atom is -0.397 e. The summed E-state index contributed by atoms with van der Waals surface area (Å²) in [7, 11) is 0. The minimum atomic E-state index is 0.124. The van der Waals surface area contributed by atoms with E-state index in [-0.39, 0.29) is 11.9 Å². The zero-order valence-electron chi connectivity index (χ0n) is 18.5. The first-order valence-corrected chi connectivity index (χ1v) is 12.8. The van der Waals surface area contributed by atoms with Crippen molar-refractivity contribution in [3.8, 4) is 0 Å². The fourth-order valence-electron chi connectivity index (χ4n) is 5.36. The van der Waals surface area contributed by atoms with Gasteiger partial charge in [-0.1, -0.05) is 17.2 Å². The van der Waals surface area contributed by atoms with Gasteiger partial charge >= 0.3 is 0 Å². The third-order valence-corrected chi connectivity index (χ3v) is 8.06. The van der Waals surface area contributed by atoms with E-state index in [1.165, 1.54) is 27.9 Å². The smallest absolute Gasteiger partial charge is 0.227 e. The summed E-state index contributed by atoms with van der Waals surface area (Å²) in [5.41, 5.74) is 15.0. The van der Waals surface area contributed by atoms with Crippen LogP contribution in [-0.2, 0) is 11.2 Å². The van der Waals surface area contributed by atoms with Crippen LogP contribution < -0.4 is 11.1 Å². The lowest BCUT2D eigenvalue weighted by Crippen LogP contribution is -2.40. The Morgan fingerprint density at radius 3 is 2.64 bits per heavy atom. The van der Waals surface area contributed by atoms with Gasteiger partial charge in [-0.15, -0.1) is 0 Å². The summed E-state index contributed by atoms with van der Waals surface area (Å²) in [5.74, 6) is 0.188. The first-order chi connectivity index (χ1) is 16.0. The molecule has 5 rings (SSSR count). The van der Waals surface area contributed by atoms with Crippen molar-refractivity contribution in [2.75, 3.05) is 13.1 Å². The summed E-state index contributed by atoms with van der Waals surface area (Å²) < 4.78 is 0.854.